The van der Waals surface area contributed by atoms with Crippen molar-refractivity contribution in [2.75, 3.05) is 45.9 Å². The number of ether oxygens (including phenoxy) is 1. The molecular formula is C19H30N4O3S. The Morgan fingerprint density at radius 2 is 1.93 bits per heavy atom. The molecule has 0 atom stereocenters. The van der Waals surface area contributed by atoms with E-state index in [4.69, 9.17) is 4.74 Å². The molecule has 0 unspecified atom stereocenters. The van der Waals surface area contributed by atoms with E-state index in [-0.39, 0.29) is 23.5 Å². The average molecular weight is 395 g/mol. The number of urea groups is 1. The predicted octanol–water partition coefficient (Wildman–Crippen LogP) is 1.76. The molecule has 0 aromatic carbocycles. The maximum atomic E-state index is 12.5. The Bertz CT molecular complexity index is 621. The van der Waals surface area contributed by atoms with Crippen LogP contribution in [-0.2, 0) is 4.74 Å². The number of thiophene rings is 1. The van der Waals surface area contributed by atoms with Crippen molar-refractivity contribution in [3.63, 3.8) is 0 Å². The van der Waals surface area contributed by atoms with Crippen LogP contribution in [0.15, 0.2) is 16.8 Å². The van der Waals surface area contributed by atoms with Gasteiger partial charge in [-0.1, -0.05) is 0 Å². The van der Waals surface area contributed by atoms with Crippen LogP contribution >= 0.6 is 11.3 Å². The van der Waals surface area contributed by atoms with Gasteiger partial charge in [-0.05, 0) is 38.1 Å². The summed E-state index contributed by atoms with van der Waals surface area (Å²) in [5.41, 5.74) is 0.622. The first-order valence-corrected chi connectivity index (χ1v) is 10.6. The summed E-state index contributed by atoms with van der Waals surface area (Å²) >= 11 is 1.52. The molecule has 2 saturated heterocycles. The van der Waals surface area contributed by atoms with Crippen LogP contribution in [0.25, 0.3) is 0 Å². The molecule has 2 N–H and O–H groups in total. The Morgan fingerprint density at radius 1 is 1.22 bits per heavy atom. The molecule has 8 heteroatoms. The van der Waals surface area contributed by atoms with E-state index >= 15 is 0 Å². The molecule has 0 bridgehead atoms. The van der Waals surface area contributed by atoms with Gasteiger partial charge in [0.1, 0.15) is 0 Å². The molecule has 2 aliphatic rings. The maximum absolute atomic E-state index is 12.5. The maximum Gasteiger partial charge on any atom is 0.317 e. The number of likely N-dealkylation sites (tertiary alicyclic amines) is 1. The lowest BCUT2D eigenvalue weighted by atomic mass is 10.0. The number of hydrogen-bond donors (Lipinski definition) is 2. The van der Waals surface area contributed by atoms with Gasteiger partial charge in [-0.25, -0.2) is 4.79 Å². The molecular weight excluding hydrogens is 364 g/mol. The van der Waals surface area contributed by atoms with Crippen molar-refractivity contribution in [3.8, 4) is 0 Å². The second-order valence-electron chi connectivity index (χ2n) is 7.82. The van der Waals surface area contributed by atoms with E-state index in [0.29, 0.717) is 25.2 Å². The van der Waals surface area contributed by atoms with E-state index in [9.17, 15) is 9.59 Å². The first-order chi connectivity index (χ1) is 13.0. The normalized spacial score (nSPS) is 19.7. The summed E-state index contributed by atoms with van der Waals surface area (Å²) in [6, 6.07) is 1.95. The van der Waals surface area contributed by atoms with Crippen molar-refractivity contribution in [3.05, 3.63) is 22.4 Å². The minimum absolute atomic E-state index is 0.0149. The summed E-state index contributed by atoms with van der Waals surface area (Å²) in [5, 5.41) is 9.92. The standard InChI is InChI=1S/C19H30N4O3S/c1-19(2,23-8-10-26-11-9-23)14-20-18(25)22-6-3-16(4-7-22)21-17(24)15-5-12-27-13-15/h5,12-13,16H,3-4,6-11,14H2,1-2H3,(H,20,25)(H,21,24). The van der Waals surface area contributed by atoms with Crippen LogP contribution in [0, 0.1) is 0 Å². The zero-order chi connectivity index (χ0) is 19.3. The monoisotopic (exact) mass is 394 g/mol. The van der Waals surface area contributed by atoms with Crippen LogP contribution in [-0.4, -0.2) is 79.3 Å². The third kappa shape index (κ3) is 5.43. The second-order valence-corrected chi connectivity index (χ2v) is 8.60. The van der Waals surface area contributed by atoms with Crippen LogP contribution in [0.5, 0.6) is 0 Å². The van der Waals surface area contributed by atoms with Gasteiger partial charge >= 0.3 is 6.03 Å². The van der Waals surface area contributed by atoms with Crippen LogP contribution in [0.1, 0.15) is 37.0 Å². The fourth-order valence-electron chi connectivity index (χ4n) is 3.57. The number of carbonyl (C=O) groups excluding carboxylic acids is 2. The SMILES string of the molecule is CC(C)(CNC(=O)N1CCC(NC(=O)c2ccsc2)CC1)N1CCOCC1. The molecule has 0 saturated carbocycles. The lowest BCUT2D eigenvalue weighted by molar-refractivity contribution is -0.00910. The van der Waals surface area contributed by atoms with E-state index in [2.05, 4.69) is 29.4 Å². The number of nitrogens with zero attached hydrogens (tertiary/aromatic N) is 2. The van der Waals surface area contributed by atoms with Gasteiger partial charge in [0.15, 0.2) is 0 Å². The summed E-state index contributed by atoms with van der Waals surface area (Å²) in [5.74, 6) is -0.0218. The highest BCUT2D eigenvalue weighted by atomic mass is 32.1. The third-order valence-corrected chi connectivity index (χ3v) is 6.12. The number of morpholine rings is 1. The van der Waals surface area contributed by atoms with Crippen molar-refractivity contribution in [1.82, 2.24) is 20.4 Å². The molecule has 0 spiro atoms. The Labute approximate surface area is 165 Å². The third-order valence-electron chi connectivity index (χ3n) is 5.44. The Kier molecular flexibility index (Phi) is 6.73. The van der Waals surface area contributed by atoms with Gasteiger partial charge in [-0.3, -0.25) is 9.69 Å². The van der Waals surface area contributed by atoms with E-state index in [1.165, 1.54) is 11.3 Å². The fourth-order valence-corrected chi connectivity index (χ4v) is 4.21. The van der Waals surface area contributed by atoms with Gasteiger partial charge in [0.25, 0.3) is 5.91 Å². The number of amides is 3. The molecule has 2 aliphatic heterocycles. The zero-order valence-electron chi connectivity index (χ0n) is 16.2. The summed E-state index contributed by atoms with van der Waals surface area (Å²) in [7, 11) is 0. The van der Waals surface area contributed by atoms with Gasteiger partial charge in [-0.15, -0.1) is 0 Å². The predicted molar refractivity (Wildman–Crippen MR) is 106 cm³/mol. The molecule has 3 rings (SSSR count). The van der Waals surface area contributed by atoms with E-state index in [1.54, 1.807) is 0 Å². The first-order valence-electron chi connectivity index (χ1n) is 9.64. The molecule has 1 aromatic rings. The molecule has 3 heterocycles. The van der Waals surface area contributed by atoms with Crippen LogP contribution < -0.4 is 10.6 Å². The van der Waals surface area contributed by atoms with Crippen molar-refractivity contribution in [2.24, 2.45) is 0 Å². The summed E-state index contributed by atoms with van der Waals surface area (Å²) in [4.78, 5) is 28.9. The minimum Gasteiger partial charge on any atom is -0.379 e. The summed E-state index contributed by atoms with van der Waals surface area (Å²) in [6.45, 7) is 9.56. The molecule has 0 aliphatic carbocycles. The Morgan fingerprint density at radius 3 is 2.56 bits per heavy atom. The number of carbonyl (C=O) groups is 2. The number of piperidine rings is 1. The highest BCUT2D eigenvalue weighted by Gasteiger charge is 2.30. The summed E-state index contributed by atoms with van der Waals surface area (Å²) < 4.78 is 5.41. The minimum atomic E-state index is -0.0910. The highest BCUT2D eigenvalue weighted by Crippen LogP contribution is 2.16. The number of nitrogens with one attached hydrogen (secondary N) is 2. The zero-order valence-corrected chi connectivity index (χ0v) is 17.0. The summed E-state index contributed by atoms with van der Waals surface area (Å²) in [6.07, 6.45) is 1.58. The van der Waals surface area contributed by atoms with Crippen molar-refractivity contribution in [2.45, 2.75) is 38.3 Å². The largest absolute Gasteiger partial charge is 0.379 e. The topological polar surface area (TPSA) is 73.9 Å². The van der Waals surface area contributed by atoms with Gasteiger partial charge < -0.3 is 20.3 Å². The van der Waals surface area contributed by atoms with Crippen LogP contribution in [0.3, 0.4) is 0 Å². The molecule has 150 valence electrons. The van der Waals surface area contributed by atoms with Gasteiger partial charge in [0.2, 0.25) is 0 Å². The van der Waals surface area contributed by atoms with Crippen LogP contribution in [0.4, 0.5) is 4.79 Å². The lowest BCUT2D eigenvalue weighted by Crippen LogP contribution is -2.57. The van der Waals surface area contributed by atoms with Crippen LogP contribution in [0.2, 0.25) is 0 Å². The quantitative estimate of drug-likeness (QED) is 0.798. The second kappa shape index (κ2) is 9.03. The van der Waals surface area contributed by atoms with Crippen molar-refractivity contribution in [1.29, 1.82) is 0 Å². The number of hydrogen-bond acceptors (Lipinski definition) is 5. The Hall–Kier alpha value is -1.64. The number of rotatable bonds is 5. The molecule has 7 nitrogen and oxygen atoms in total. The van der Waals surface area contributed by atoms with Gasteiger partial charge in [0, 0.05) is 55.2 Å². The molecule has 1 aromatic heterocycles. The smallest absolute Gasteiger partial charge is 0.317 e. The van der Waals surface area contributed by atoms with E-state index < -0.39 is 0 Å². The molecule has 2 fully saturated rings. The first kappa shape index (κ1) is 20.1. The highest BCUT2D eigenvalue weighted by molar-refractivity contribution is 7.08. The average Bonchev–Trinajstić information content (AvgIpc) is 3.22. The molecule has 3 amide bonds. The van der Waals surface area contributed by atoms with E-state index in [1.807, 2.05) is 21.7 Å². The lowest BCUT2D eigenvalue weighted by Gasteiger charge is -2.41. The van der Waals surface area contributed by atoms with Gasteiger partial charge in [-0.2, -0.15) is 11.3 Å². The molecule has 0 radical (unpaired) electrons. The molecule has 27 heavy (non-hydrogen) atoms. The van der Waals surface area contributed by atoms with Crippen molar-refractivity contribution < 1.29 is 14.3 Å². The van der Waals surface area contributed by atoms with E-state index in [0.717, 1.165) is 39.1 Å². The van der Waals surface area contributed by atoms with Gasteiger partial charge in [0.05, 0.1) is 13.2 Å². The fraction of sp³-hybridized carbons (Fsp3) is 0.684. The Balaban J connectivity index is 1.40. The van der Waals surface area contributed by atoms with Crippen molar-refractivity contribution >= 4 is 23.3 Å².